The molecule has 0 aliphatic heterocycles. The summed E-state index contributed by atoms with van der Waals surface area (Å²) in [6, 6.07) is -3.33. The third-order valence-electron chi connectivity index (χ3n) is 4.92. The molecule has 10 heteroatoms. The highest BCUT2D eigenvalue weighted by molar-refractivity contribution is 7.99. The Morgan fingerprint density at radius 3 is 1.94 bits per heavy atom. The number of rotatable bonds is 17. The zero-order valence-corrected chi connectivity index (χ0v) is 22.3. The van der Waals surface area contributed by atoms with E-state index in [0.717, 1.165) is 25.7 Å². The van der Waals surface area contributed by atoms with Gasteiger partial charge in [-0.2, -0.15) is 11.8 Å². The van der Waals surface area contributed by atoms with Crippen molar-refractivity contribution in [2.75, 3.05) is 18.1 Å². The minimum atomic E-state index is -1.46. The molecule has 0 spiro atoms. The first-order valence-electron chi connectivity index (χ1n) is 11.8. The molecule has 0 radical (unpaired) electrons. The monoisotopic (exact) mass is 511 g/mol. The summed E-state index contributed by atoms with van der Waals surface area (Å²) in [6.07, 6.45) is 9.96. The van der Waals surface area contributed by atoms with Crippen LogP contribution in [0.1, 0.15) is 66.7 Å². The zero-order valence-electron chi connectivity index (χ0n) is 21.5. The van der Waals surface area contributed by atoms with Crippen LogP contribution < -0.4 is 16.0 Å². The van der Waals surface area contributed by atoms with Crippen molar-refractivity contribution >= 4 is 35.6 Å². The van der Waals surface area contributed by atoms with Crippen molar-refractivity contribution in [3.8, 4) is 0 Å². The van der Waals surface area contributed by atoms with Crippen LogP contribution in [0, 0.1) is 0 Å². The normalized spacial score (nSPS) is 13.4. The Labute approximate surface area is 212 Å². The highest BCUT2D eigenvalue weighted by Gasteiger charge is 2.26. The molecule has 0 saturated heterocycles. The van der Waals surface area contributed by atoms with E-state index in [1.807, 2.05) is 6.92 Å². The van der Waals surface area contributed by atoms with Gasteiger partial charge in [0.1, 0.15) is 12.1 Å². The summed E-state index contributed by atoms with van der Waals surface area (Å²) in [7, 11) is 0. The van der Waals surface area contributed by atoms with E-state index >= 15 is 0 Å². The van der Waals surface area contributed by atoms with Crippen molar-refractivity contribution in [2.24, 2.45) is 0 Å². The van der Waals surface area contributed by atoms with E-state index in [9.17, 15) is 29.4 Å². The standard InChI is InChI=1S/C25H41N3O6S/c1-6-26-25(34)28-20(23(30)31)15-22(29)27-21(24(32)33)16-35-14-13-19(5)12-8-11-18(4)10-7-9-17(2)3/h9,11,13,20-21H,6-8,10,12,14-16H2,1-5H3,(H,27,29)(H,30,31)(H,32,33)(H2,26,28,34)/b18-11+,19-13+/t20-,21-/m0/s1. The van der Waals surface area contributed by atoms with Gasteiger partial charge in [0.2, 0.25) is 5.91 Å². The Kier molecular flexibility index (Phi) is 17.1. The number of carboxylic acids is 2. The molecular formula is C25H41N3O6S. The predicted octanol–water partition coefficient (Wildman–Crippen LogP) is 3.87. The Morgan fingerprint density at radius 2 is 1.40 bits per heavy atom. The molecule has 9 nitrogen and oxygen atoms in total. The molecule has 0 aromatic heterocycles. The van der Waals surface area contributed by atoms with Crippen molar-refractivity contribution in [1.82, 2.24) is 16.0 Å². The quantitative estimate of drug-likeness (QED) is 0.147. The molecule has 0 fully saturated rings. The van der Waals surface area contributed by atoms with Crippen LogP contribution >= 0.6 is 11.8 Å². The van der Waals surface area contributed by atoms with E-state index in [0.29, 0.717) is 12.3 Å². The lowest BCUT2D eigenvalue weighted by atomic mass is 10.1. The second-order valence-electron chi connectivity index (χ2n) is 8.55. The zero-order chi connectivity index (χ0) is 26.8. The van der Waals surface area contributed by atoms with E-state index in [4.69, 9.17) is 0 Å². The summed E-state index contributed by atoms with van der Waals surface area (Å²) in [5, 5.41) is 25.5. The number of thioether (sulfide) groups is 1. The molecule has 0 saturated carbocycles. The molecule has 0 aromatic rings. The van der Waals surface area contributed by atoms with Gasteiger partial charge in [0.05, 0.1) is 6.42 Å². The smallest absolute Gasteiger partial charge is 0.327 e. The molecular weight excluding hydrogens is 470 g/mol. The van der Waals surface area contributed by atoms with Crippen LogP contribution in [0.25, 0.3) is 0 Å². The third-order valence-corrected chi connectivity index (χ3v) is 5.89. The first-order chi connectivity index (χ1) is 16.5. The van der Waals surface area contributed by atoms with Crippen molar-refractivity contribution in [3.63, 3.8) is 0 Å². The van der Waals surface area contributed by atoms with Gasteiger partial charge in [0.25, 0.3) is 0 Å². The Hall–Kier alpha value is -2.75. The van der Waals surface area contributed by atoms with Gasteiger partial charge < -0.3 is 26.2 Å². The summed E-state index contributed by atoms with van der Waals surface area (Å²) < 4.78 is 0. The first kappa shape index (κ1) is 32.2. The van der Waals surface area contributed by atoms with Gasteiger partial charge in [-0.15, -0.1) is 0 Å². The lowest BCUT2D eigenvalue weighted by Crippen LogP contribution is -2.50. The Balaban J connectivity index is 4.53. The molecule has 0 aliphatic rings. The summed E-state index contributed by atoms with van der Waals surface area (Å²) in [5.41, 5.74) is 3.91. The van der Waals surface area contributed by atoms with Crippen LogP contribution in [0.3, 0.4) is 0 Å². The average Bonchev–Trinajstić information content (AvgIpc) is 2.75. The highest BCUT2D eigenvalue weighted by Crippen LogP contribution is 2.13. The molecule has 0 heterocycles. The molecule has 2 atom stereocenters. The maximum absolute atomic E-state index is 12.2. The van der Waals surface area contributed by atoms with Crippen molar-refractivity contribution in [2.45, 2.75) is 78.8 Å². The van der Waals surface area contributed by atoms with E-state index in [-0.39, 0.29) is 5.75 Å². The minimum absolute atomic E-state index is 0.135. The number of hydrogen-bond acceptors (Lipinski definition) is 5. The maximum atomic E-state index is 12.2. The van der Waals surface area contributed by atoms with Crippen LogP contribution in [0.5, 0.6) is 0 Å². The van der Waals surface area contributed by atoms with E-state index in [2.05, 4.69) is 54.9 Å². The maximum Gasteiger partial charge on any atom is 0.327 e. The second-order valence-corrected chi connectivity index (χ2v) is 9.63. The van der Waals surface area contributed by atoms with Crippen LogP contribution in [-0.2, 0) is 14.4 Å². The van der Waals surface area contributed by atoms with Crippen LogP contribution in [0.15, 0.2) is 34.9 Å². The van der Waals surface area contributed by atoms with Gasteiger partial charge in [-0.25, -0.2) is 14.4 Å². The van der Waals surface area contributed by atoms with Gasteiger partial charge in [-0.05, 0) is 60.3 Å². The molecule has 198 valence electrons. The van der Waals surface area contributed by atoms with E-state index < -0.39 is 42.4 Å². The number of aliphatic carboxylic acids is 2. The summed E-state index contributed by atoms with van der Waals surface area (Å²) >= 11 is 1.37. The highest BCUT2D eigenvalue weighted by atomic mass is 32.2. The van der Waals surface area contributed by atoms with Gasteiger partial charge in [-0.1, -0.05) is 34.9 Å². The number of hydrogen-bond donors (Lipinski definition) is 5. The molecule has 0 unspecified atom stereocenters. The van der Waals surface area contributed by atoms with Crippen molar-refractivity contribution in [3.05, 3.63) is 34.9 Å². The molecule has 5 N–H and O–H groups in total. The molecule has 0 aromatic carbocycles. The van der Waals surface area contributed by atoms with Crippen molar-refractivity contribution in [1.29, 1.82) is 0 Å². The number of carbonyl (C=O) groups is 4. The fraction of sp³-hybridized carbons (Fsp3) is 0.600. The summed E-state index contributed by atoms with van der Waals surface area (Å²) in [6.45, 7) is 10.3. The minimum Gasteiger partial charge on any atom is -0.480 e. The SMILES string of the molecule is CCNC(=O)N[C@@H](CC(=O)N[C@@H](CSC/C=C(\C)CC/C=C(\C)CCC=C(C)C)C(=O)O)C(=O)O. The Morgan fingerprint density at radius 1 is 0.829 bits per heavy atom. The first-order valence-corrected chi connectivity index (χ1v) is 12.9. The lowest BCUT2D eigenvalue weighted by molar-refractivity contribution is -0.142. The number of urea groups is 1. The number of carbonyl (C=O) groups excluding carboxylic acids is 2. The van der Waals surface area contributed by atoms with Crippen LogP contribution in [0.2, 0.25) is 0 Å². The second kappa shape index (κ2) is 18.6. The van der Waals surface area contributed by atoms with Gasteiger partial charge in [0.15, 0.2) is 0 Å². The largest absolute Gasteiger partial charge is 0.480 e. The van der Waals surface area contributed by atoms with Gasteiger partial charge in [-0.3, -0.25) is 4.79 Å². The van der Waals surface area contributed by atoms with Gasteiger partial charge >= 0.3 is 18.0 Å². The molecule has 0 rings (SSSR count). The summed E-state index contributed by atoms with van der Waals surface area (Å²) in [5.74, 6) is -2.61. The molecule has 3 amide bonds. The van der Waals surface area contributed by atoms with E-state index in [1.165, 1.54) is 28.5 Å². The summed E-state index contributed by atoms with van der Waals surface area (Å²) in [4.78, 5) is 46.5. The molecule has 0 bridgehead atoms. The third kappa shape index (κ3) is 17.4. The number of amides is 3. The van der Waals surface area contributed by atoms with Gasteiger partial charge in [0, 0.05) is 18.1 Å². The topological polar surface area (TPSA) is 145 Å². The number of nitrogens with one attached hydrogen (secondary N) is 3. The molecule has 0 aliphatic carbocycles. The Bertz CT molecular complexity index is 803. The fourth-order valence-electron chi connectivity index (χ4n) is 2.91. The van der Waals surface area contributed by atoms with Crippen LogP contribution in [-0.4, -0.2) is 64.2 Å². The molecule has 35 heavy (non-hydrogen) atoms. The van der Waals surface area contributed by atoms with Crippen LogP contribution in [0.4, 0.5) is 4.79 Å². The average molecular weight is 512 g/mol. The van der Waals surface area contributed by atoms with Crippen molar-refractivity contribution < 1.29 is 29.4 Å². The number of carboxylic acid groups (broad SMARTS) is 2. The fourth-order valence-corrected chi connectivity index (χ4v) is 3.91. The van der Waals surface area contributed by atoms with E-state index in [1.54, 1.807) is 6.92 Å². The lowest BCUT2D eigenvalue weighted by Gasteiger charge is -2.17. The predicted molar refractivity (Wildman–Crippen MR) is 141 cm³/mol. The number of allylic oxidation sites excluding steroid dienone is 5.